The fourth-order valence-corrected chi connectivity index (χ4v) is 2.75. The summed E-state index contributed by atoms with van der Waals surface area (Å²) in [5, 5.41) is 0. The van der Waals surface area contributed by atoms with E-state index in [-0.39, 0.29) is 0 Å². The van der Waals surface area contributed by atoms with Gasteiger partial charge in [-0.2, -0.15) is 0 Å². The summed E-state index contributed by atoms with van der Waals surface area (Å²) in [6.45, 7) is 4.40. The van der Waals surface area contributed by atoms with Crippen LogP contribution in [0.4, 0.5) is 0 Å². The van der Waals surface area contributed by atoms with Crippen LogP contribution in [-0.2, 0) is 17.8 Å². The molecule has 19 heavy (non-hydrogen) atoms. The number of nitrogens with two attached hydrogens (primary N) is 1. The molecule has 0 aromatic heterocycles. The first kappa shape index (κ1) is 14.1. The summed E-state index contributed by atoms with van der Waals surface area (Å²) in [4.78, 5) is 13.6. The van der Waals surface area contributed by atoms with Crippen molar-refractivity contribution in [1.82, 2.24) is 4.90 Å². The monoisotopic (exact) mass is 260 g/mol. The molecule has 104 valence electrons. The number of rotatable bonds is 4. The van der Waals surface area contributed by atoms with Crippen molar-refractivity contribution in [1.29, 1.82) is 0 Å². The predicted octanol–water partition coefficient (Wildman–Crippen LogP) is 2.34. The van der Waals surface area contributed by atoms with Gasteiger partial charge in [-0.05, 0) is 36.3 Å². The van der Waals surface area contributed by atoms with E-state index < -0.39 is 0 Å². The van der Waals surface area contributed by atoms with Crippen LogP contribution < -0.4 is 5.73 Å². The average Bonchev–Trinajstić information content (AvgIpc) is 2.48. The Balaban J connectivity index is 1.83. The van der Waals surface area contributed by atoms with Crippen molar-refractivity contribution < 1.29 is 4.79 Å². The van der Waals surface area contributed by atoms with E-state index >= 15 is 0 Å². The molecule has 1 saturated heterocycles. The summed E-state index contributed by atoms with van der Waals surface area (Å²) in [5.74, 6) is 1.01. The van der Waals surface area contributed by atoms with Gasteiger partial charge in [0.05, 0.1) is 0 Å². The zero-order valence-electron chi connectivity index (χ0n) is 11.8. The van der Waals surface area contributed by atoms with Gasteiger partial charge >= 0.3 is 0 Å². The smallest absolute Gasteiger partial charge is 0.222 e. The van der Waals surface area contributed by atoms with Gasteiger partial charge in [0.2, 0.25) is 5.91 Å². The highest BCUT2D eigenvalue weighted by atomic mass is 16.2. The first-order chi connectivity index (χ1) is 9.22. The molecule has 1 aliphatic rings. The molecule has 2 rings (SSSR count). The summed E-state index contributed by atoms with van der Waals surface area (Å²) in [7, 11) is 0. The molecule has 1 aliphatic heterocycles. The van der Waals surface area contributed by atoms with Gasteiger partial charge < -0.3 is 10.6 Å². The molecule has 0 aliphatic carbocycles. The van der Waals surface area contributed by atoms with E-state index in [2.05, 4.69) is 24.3 Å². The van der Waals surface area contributed by atoms with E-state index in [0.717, 1.165) is 32.4 Å². The van der Waals surface area contributed by atoms with E-state index in [1.807, 2.05) is 11.8 Å². The highest BCUT2D eigenvalue weighted by Gasteiger charge is 2.21. The lowest BCUT2D eigenvalue weighted by Gasteiger charge is -2.32. The molecule has 1 aromatic rings. The van der Waals surface area contributed by atoms with Gasteiger partial charge in [-0.1, -0.05) is 31.2 Å². The zero-order valence-corrected chi connectivity index (χ0v) is 11.8. The van der Waals surface area contributed by atoms with E-state index in [0.29, 0.717) is 24.8 Å². The number of hydrogen-bond donors (Lipinski definition) is 1. The summed E-state index contributed by atoms with van der Waals surface area (Å²) >= 11 is 0. The number of benzene rings is 1. The molecule has 1 amide bonds. The van der Waals surface area contributed by atoms with Gasteiger partial charge in [-0.3, -0.25) is 4.79 Å². The molecule has 0 saturated carbocycles. The summed E-state index contributed by atoms with van der Waals surface area (Å²) in [6.07, 6.45) is 4.01. The van der Waals surface area contributed by atoms with Gasteiger partial charge in [-0.25, -0.2) is 0 Å². The lowest BCUT2D eigenvalue weighted by molar-refractivity contribution is -0.132. The molecule has 0 atom stereocenters. The standard InChI is InChI=1S/C16H24N2O/c1-2-16(19)18-9-7-14(8-10-18)11-13-3-5-15(12-17)6-4-13/h3-6,14H,2,7-12,17H2,1H3. The molecule has 0 spiro atoms. The van der Waals surface area contributed by atoms with Crippen LogP contribution in [0.3, 0.4) is 0 Å². The Morgan fingerprint density at radius 3 is 2.32 bits per heavy atom. The van der Waals surface area contributed by atoms with E-state index in [9.17, 15) is 4.79 Å². The lowest BCUT2D eigenvalue weighted by Crippen LogP contribution is -2.38. The average molecular weight is 260 g/mol. The molecule has 1 heterocycles. The molecular weight excluding hydrogens is 236 g/mol. The highest BCUT2D eigenvalue weighted by molar-refractivity contribution is 5.75. The largest absolute Gasteiger partial charge is 0.343 e. The number of hydrogen-bond acceptors (Lipinski definition) is 2. The summed E-state index contributed by atoms with van der Waals surface area (Å²) in [5.41, 5.74) is 8.18. The number of carbonyl (C=O) groups excluding carboxylic acids is 1. The maximum Gasteiger partial charge on any atom is 0.222 e. The molecule has 0 unspecified atom stereocenters. The van der Waals surface area contributed by atoms with Crippen LogP contribution >= 0.6 is 0 Å². The molecule has 0 bridgehead atoms. The fourth-order valence-electron chi connectivity index (χ4n) is 2.75. The topological polar surface area (TPSA) is 46.3 Å². The van der Waals surface area contributed by atoms with Crippen LogP contribution in [0.15, 0.2) is 24.3 Å². The molecule has 2 N–H and O–H groups in total. The highest BCUT2D eigenvalue weighted by Crippen LogP contribution is 2.22. The second-order valence-electron chi connectivity index (χ2n) is 5.40. The third-order valence-corrected chi connectivity index (χ3v) is 4.05. The van der Waals surface area contributed by atoms with Crippen LogP contribution in [0.2, 0.25) is 0 Å². The normalized spacial score (nSPS) is 16.6. The minimum atomic E-state index is 0.297. The molecule has 1 fully saturated rings. The third-order valence-electron chi connectivity index (χ3n) is 4.05. The molecular formula is C16H24N2O. The Hall–Kier alpha value is -1.35. The Kier molecular flexibility index (Phi) is 4.97. The van der Waals surface area contributed by atoms with Crippen LogP contribution in [0.5, 0.6) is 0 Å². The Labute approximate surface area is 115 Å². The minimum absolute atomic E-state index is 0.297. The van der Waals surface area contributed by atoms with Crippen LogP contribution in [0.1, 0.15) is 37.3 Å². The van der Waals surface area contributed by atoms with Crippen molar-refractivity contribution in [3.63, 3.8) is 0 Å². The van der Waals surface area contributed by atoms with Crippen molar-refractivity contribution in [3.8, 4) is 0 Å². The van der Waals surface area contributed by atoms with Crippen molar-refractivity contribution >= 4 is 5.91 Å². The second-order valence-corrected chi connectivity index (χ2v) is 5.40. The Bertz CT molecular complexity index is 405. The molecule has 3 nitrogen and oxygen atoms in total. The quantitative estimate of drug-likeness (QED) is 0.903. The number of carbonyl (C=O) groups is 1. The first-order valence-corrected chi connectivity index (χ1v) is 7.28. The summed E-state index contributed by atoms with van der Waals surface area (Å²) in [6, 6.07) is 8.60. The number of piperidine rings is 1. The van der Waals surface area contributed by atoms with Crippen molar-refractivity contribution in [3.05, 3.63) is 35.4 Å². The predicted molar refractivity (Wildman–Crippen MR) is 77.6 cm³/mol. The van der Waals surface area contributed by atoms with Gasteiger partial charge in [0.15, 0.2) is 0 Å². The molecule has 3 heteroatoms. The number of amides is 1. The second kappa shape index (κ2) is 6.71. The summed E-state index contributed by atoms with van der Waals surface area (Å²) < 4.78 is 0. The maximum atomic E-state index is 11.6. The Morgan fingerprint density at radius 1 is 1.21 bits per heavy atom. The maximum absolute atomic E-state index is 11.6. The lowest BCUT2D eigenvalue weighted by atomic mass is 9.90. The first-order valence-electron chi connectivity index (χ1n) is 7.28. The fraction of sp³-hybridized carbons (Fsp3) is 0.562. The number of likely N-dealkylation sites (tertiary alicyclic amines) is 1. The zero-order chi connectivity index (χ0) is 13.7. The van der Waals surface area contributed by atoms with Crippen LogP contribution in [0.25, 0.3) is 0 Å². The van der Waals surface area contributed by atoms with E-state index in [1.165, 1.54) is 11.1 Å². The van der Waals surface area contributed by atoms with E-state index in [4.69, 9.17) is 5.73 Å². The van der Waals surface area contributed by atoms with E-state index in [1.54, 1.807) is 0 Å². The van der Waals surface area contributed by atoms with Crippen molar-refractivity contribution in [2.45, 2.75) is 39.2 Å². The van der Waals surface area contributed by atoms with Crippen LogP contribution in [0, 0.1) is 5.92 Å². The van der Waals surface area contributed by atoms with Crippen molar-refractivity contribution in [2.75, 3.05) is 13.1 Å². The Morgan fingerprint density at radius 2 is 1.79 bits per heavy atom. The SMILES string of the molecule is CCC(=O)N1CCC(Cc2ccc(CN)cc2)CC1. The van der Waals surface area contributed by atoms with Crippen molar-refractivity contribution in [2.24, 2.45) is 11.7 Å². The molecule has 0 radical (unpaired) electrons. The van der Waals surface area contributed by atoms with Gasteiger partial charge in [0.25, 0.3) is 0 Å². The van der Waals surface area contributed by atoms with Gasteiger partial charge in [0, 0.05) is 26.1 Å². The van der Waals surface area contributed by atoms with Gasteiger partial charge in [0.1, 0.15) is 0 Å². The third kappa shape index (κ3) is 3.80. The minimum Gasteiger partial charge on any atom is -0.343 e. The van der Waals surface area contributed by atoms with Gasteiger partial charge in [-0.15, -0.1) is 0 Å². The van der Waals surface area contributed by atoms with Crippen LogP contribution in [-0.4, -0.2) is 23.9 Å². The number of nitrogens with zero attached hydrogens (tertiary/aromatic N) is 1. The molecule has 1 aromatic carbocycles.